The van der Waals surface area contributed by atoms with Gasteiger partial charge in [0.15, 0.2) is 0 Å². The highest BCUT2D eigenvalue weighted by atomic mass is 79.9. The zero-order chi connectivity index (χ0) is 11.6. The van der Waals surface area contributed by atoms with Crippen LogP contribution in [-0.4, -0.2) is 17.8 Å². The summed E-state index contributed by atoms with van der Waals surface area (Å²) in [5.74, 6) is 0. The van der Waals surface area contributed by atoms with Gasteiger partial charge in [0.1, 0.15) is 0 Å². The van der Waals surface area contributed by atoms with Crippen LogP contribution in [0.2, 0.25) is 0 Å². The number of hydrogen-bond donors (Lipinski definition) is 2. The molecule has 88 valence electrons. The lowest BCUT2D eigenvalue weighted by atomic mass is 9.78. The highest BCUT2D eigenvalue weighted by molar-refractivity contribution is 9.10. The van der Waals surface area contributed by atoms with Crippen LogP contribution in [-0.2, 0) is 6.42 Å². The van der Waals surface area contributed by atoms with E-state index in [1.165, 1.54) is 5.56 Å². The molecule has 0 aromatic heterocycles. The van der Waals surface area contributed by atoms with Gasteiger partial charge in [-0.25, -0.2) is 0 Å². The summed E-state index contributed by atoms with van der Waals surface area (Å²) in [7, 11) is 0. The molecule has 0 radical (unpaired) electrons. The van der Waals surface area contributed by atoms with Crippen molar-refractivity contribution >= 4 is 15.9 Å². The van der Waals surface area contributed by atoms with E-state index < -0.39 is 0 Å². The lowest BCUT2D eigenvalue weighted by Crippen LogP contribution is -2.39. The number of benzene rings is 1. The second-order valence-electron chi connectivity index (χ2n) is 4.78. The van der Waals surface area contributed by atoms with E-state index in [0.29, 0.717) is 6.54 Å². The summed E-state index contributed by atoms with van der Waals surface area (Å²) < 4.78 is 1.09. The van der Waals surface area contributed by atoms with E-state index >= 15 is 0 Å². The first-order valence-corrected chi connectivity index (χ1v) is 6.58. The van der Waals surface area contributed by atoms with E-state index in [9.17, 15) is 5.11 Å². The topological polar surface area (TPSA) is 46.2 Å². The quantitative estimate of drug-likeness (QED) is 0.895. The van der Waals surface area contributed by atoms with Crippen LogP contribution in [0.3, 0.4) is 0 Å². The first-order chi connectivity index (χ1) is 7.66. The Balaban J connectivity index is 2.15. The van der Waals surface area contributed by atoms with Gasteiger partial charge in [0.05, 0.1) is 6.10 Å². The molecule has 2 rings (SSSR count). The fourth-order valence-corrected chi connectivity index (χ4v) is 2.91. The molecule has 2 unspecified atom stereocenters. The second-order valence-corrected chi connectivity index (χ2v) is 5.69. The molecule has 1 aliphatic carbocycles. The Morgan fingerprint density at radius 2 is 2.06 bits per heavy atom. The van der Waals surface area contributed by atoms with Crippen LogP contribution in [0.25, 0.3) is 0 Å². The molecule has 0 aliphatic heterocycles. The van der Waals surface area contributed by atoms with Crippen molar-refractivity contribution in [1.29, 1.82) is 0 Å². The van der Waals surface area contributed by atoms with Crippen LogP contribution in [0.1, 0.15) is 24.8 Å². The molecule has 3 N–H and O–H groups in total. The Labute approximate surface area is 105 Å². The summed E-state index contributed by atoms with van der Waals surface area (Å²) in [6.07, 6.45) is 3.68. The Morgan fingerprint density at radius 3 is 2.56 bits per heavy atom. The zero-order valence-corrected chi connectivity index (χ0v) is 10.9. The summed E-state index contributed by atoms with van der Waals surface area (Å²) in [6.45, 7) is 0.574. The van der Waals surface area contributed by atoms with Gasteiger partial charge in [0.25, 0.3) is 0 Å². The third-order valence-corrected chi connectivity index (χ3v) is 4.26. The summed E-state index contributed by atoms with van der Waals surface area (Å²) in [6, 6.07) is 8.29. The second kappa shape index (κ2) is 4.86. The third kappa shape index (κ3) is 2.31. The number of hydrogen-bond acceptors (Lipinski definition) is 2. The largest absolute Gasteiger partial charge is 0.392 e. The maximum atomic E-state index is 10.1. The van der Waals surface area contributed by atoms with Crippen LogP contribution in [0.4, 0.5) is 0 Å². The Morgan fingerprint density at radius 1 is 1.38 bits per heavy atom. The van der Waals surface area contributed by atoms with Crippen molar-refractivity contribution in [1.82, 2.24) is 0 Å². The molecule has 1 aromatic rings. The van der Waals surface area contributed by atoms with E-state index in [1.54, 1.807) is 0 Å². The van der Waals surface area contributed by atoms with Crippen molar-refractivity contribution in [3.05, 3.63) is 34.3 Å². The molecule has 0 spiro atoms. The lowest BCUT2D eigenvalue weighted by Gasteiger charge is -2.31. The molecule has 0 amide bonds. The summed E-state index contributed by atoms with van der Waals surface area (Å²) in [5.41, 5.74) is 7.04. The summed E-state index contributed by atoms with van der Waals surface area (Å²) >= 11 is 3.43. The summed E-state index contributed by atoms with van der Waals surface area (Å²) in [4.78, 5) is 0. The number of nitrogens with two attached hydrogens (primary N) is 1. The van der Waals surface area contributed by atoms with Gasteiger partial charge < -0.3 is 10.8 Å². The average molecular weight is 284 g/mol. The molecular weight excluding hydrogens is 266 g/mol. The predicted molar refractivity (Wildman–Crippen MR) is 69.2 cm³/mol. The van der Waals surface area contributed by atoms with Gasteiger partial charge in [-0.3, -0.25) is 0 Å². The van der Waals surface area contributed by atoms with E-state index in [2.05, 4.69) is 28.1 Å². The minimum atomic E-state index is -0.235. The molecule has 1 fully saturated rings. The van der Waals surface area contributed by atoms with Gasteiger partial charge in [-0.15, -0.1) is 0 Å². The van der Waals surface area contributed by atoms with E-state index in [-0.39, 0.29) is 11.5 Å². The third-order valence-electron chi connectivity index (χ3n) is 3.74. The molecular formula is C13H18BrNO. The van der Waals surface area contributed by atoms with Crippen LogP contribution in [0.15, 0.2) is 28.7 Å². The van der Waals surface area contributed by atoms with Crippen LogP contribution in [0, 0.1) is 5.41 Å². The van der Waals surface area contributed by atoms with Crippen molar-refractivity contribution < 1.29 is 5.11 Å². The monoisotopic (exact) mass is 283 g/mol. The van der Waals surface area contributed by atoms with Crippen molar-refractivity contribution in [2.75, 3.05) is 6.54 Å². The van der Waals surface area contributed by atoms with Gasteiger partial charge in [-0.05, 0) is 37.0 Å². The van der Waals surface area contributed by atoms with Gasteiger partial charge in [0.2, 0.25) is 0 Å². The van der Waals surface area contributed by atoms with E-state index in [0.717, 1.165) is 30.2 Å². The SMILES string of the molecule is NCC1(Cc2ccc(Br)cc2)CCCC1O. The van der Waals surface area contributed by atoms with Gasteiger partial charge in [-0.1, -0.05) is 34.5 Å². The maximum absolute atomic E-state index is 10.1. The van der Waals surface area contributed by atoms with Crippen LogP contribution in [0.5, 0.6) is 0 Å². The van der Waals surface area contributed by atoms with Crippen molar-refractivity contribution in [3.8, 4) is 0 Å². The smallest absolute Gasteiger partial charge is 0.0611 e. The minimum absolute atomic E-state index is 0.0895. The average Bonchev–Trinajstić information content (AvgIpc) is 2.64. The highest BCUT2D eigenvalue weighted by Crippen LogP contribution is 2.40. The molecule has 16 heavy (non-hydrogen) atoms. The standard InChI is InChI=1S/C13H18BrNO/c14-11-5-3-10(4-6-11)8-13(9-15)7-1-2-12(13)16/h3-6,12,16H,1-2,7-9,15H2. The molecule has 0 bridgehead atoms. The Bertz CT molecular complexity index is 351. The molecule has 1 aliphatic rings. The predicted octanol–water partition coefficient (Wildman–Crippen LogP) is 2.48. The van der Waals surface area contributed by atoms with Gasteiger partial charge >= 0.3 is 0 Å². The van der Waals surface area contributed by atoms with Crippen LogP contribution < -0.4 is 5.73 Å². The molecule has 0 heterocycles. The molecule has 2 atom stereocenters. The molecule has 1 saturated carbocycles. The van der Waals surface area contributed by atoms with Gasteiger partial charge in [-0.2, -0.15) is 0 Å². The zero-order valence-electron chi connectivity index (χ0n) is 9.32. The number of aliphatic hydroxyl groups is 1. The first kappa shape index (κ1) is 12.1. The van der Waals surface area contributed by atoms with Crippen molar-refractivity contribution in [2.24, 2.45) is 11.1 Å². The van der Waals surface area contributed by atoms with E-state index in [4.69, 9.17) is 5.73 Å². The first-order valence-electron chi connectivity index (χ1n) is 5.79. The summed E-state index contributed by atoms with van der Waals surface area (Å²) in [5, 5.41) is 10.1. The number of rotatable bonds is 3. The van der Waals surface area contributed by atoms with Crippen molar-refractivity contribution in [3.63, 3.8) is 0 Å². The number of halogens is 1. The molecule has 2 nitrogen and oxygen atoms in total. The highest BCUT2D eigenvalue weighted by Gasteiger charge is 2.40. The molecule has 3 heteroatoms. The number of aliphatic hydroxyl groups excluding tert-OH is 1. The molecule has 0 saturated heterocycles. The molecule has 1 aromatic carbocycles. The van der Waals surface area contributed by atoms with Gasteiger partial charge in [0, 0.05) is 16.4 Å². The fourth-order valence-electron chi connectivity index (χ4n) is 2.65. The Kier molecular flexibility index (Phi) is 3.67. The maximum Gasteiger partial charge on any atom is 0.0611 e. The Hall–Kier alpha value is -0.380. The normalized spacial score (nSPS) is 29.6. The van der Waals surface area contributed by atoms with Crippen LogP contribution >= 0.6 is 15.9 Å². The minimum Gasteiger partial charge on any atom is -0.392 e. The lowest BCUT2D eigenvalue weighted by molar-refractivity contribution is 0.0588. The van der Waals surface area contributed by atoms with E-state index in [1.807, 2.05) is 12.1 Å². The fraction of sp³-hybridized carbons (Fsp3) is 0.538. The van der Waals surface area contributed by atoms with Crippen molar-refractivity contribution in [2.45, 2.75) is 31.8 Å².